The van der Waals surface area contributed by atoms with E-state index < -0.39 is 5.92 Å². The van der Waals surface area contributed by atoms with Crippen molar-refractivity contribution in [3.05, 3.63) is 59.9 Å². The molecule has 0 radical (unpaired) electrons. The Morgan fingerprint density at radius 2 is 1.45 bits per heavy atom. The first kappa shape index (κ1) is 20.4. The standard InChI is InChI=1S/C22H24N8O/c23-10-1-11-26-22(31)16(17-7-3-14-5-9-19(25)30-21(14)28-17)12-15-6-2-13-4-8-18(24)29-20(13)27-15/h2-9,16H,1,10-12,23H2,(H,26,31)(H2,24,27,29)(H2,25,28,30). The highest BCUT2D eigenvalue weighted by Gasteiger charge is 2.24. The number of anilines is 2. The average Bonchev–Trinajstić information content (AvgIpc) is 2.76. The van der Waals surface area contributed by atoms with Gasteiger partial charge in [-0.15, -0.1) is 0 Å². The van der Waals surface area contributed by atoms with Crippen LogP contribution >= 0.6 is 0 Å². The van der Waals surface area contributed by atoms with Gasteiger partial charge in [-0.3, -0.25) is 4.79 Å². The van der Waals surface area contributed by atoms with Gasteiger partial charge in [-0.25, -0.2) is 19.9 Å². The zero-order valence-electron chi connectivity index (χ0n) is 17.0. The summed E-state index contributed by atoms with van der Waals surface area (Å²) in [5, 5.41) is 4.67. The second kappa shape index (κ2) is 8.88. The number of fused-ring (bicyclic) bond motifs is 2. The van der Waals surface area contributed by atoms with Crippen LogP contribution in [-0.4, -0.2) is 38.9 Å². The van der Waals surface area contributed by atoms with Crippen LogP contribution in [-0.2, 0) is 11.2 Å². The Morgan fingerprint density at radius 3 is 2.13 bits per heavy atom. The largest absolute Gasteiger partial charge is 0.384 e. The van der Waals surface area contributed by atoms with E-state index in [2.05, 4.69) is 25.3 Å². The van der Waals surface area contributed by atoms with E-state index in [1.165, 1.54) is 0 Å². The van der Waals surface area contributed by atoms with Crippen LogP contribution in [0.3, 0.4) is 0 Å². The molecule has 0 aromatic carbocycles. The molecule has 4 rings (SSSR count). The third kappa shape index (κ3) is 4.67. The van der Waals surface area contributed by atoms with Crippen molar-refractivity contribution in [3.8, 4) is 0 Å². The van der Waals surface area contributed by atoms with Crippen molar-refractivity contribution in [1.29, 1.82) is 0 Å². The molecule has 9 heteroatoms. The SMILES string of the molecule is NCCCNC(=O)C(Cc1ccc2ccc(N)nc2n1)c1ccc2ccc(N)nc2n1. The van der Waals surface area contributed by atoms with Crippen LogP contribution in [0.4, 0.5) is 11.6 Å². The molecule has 0 bridgehead atoms. The van der Waals surface area contributed by atoms with E-state index in [-0.39, 0.29) is 5.91 Å². The van der Waals surface area contributed by atoms with Crippen LogP contribution in [0.15, 0.2) is 48.5 Å². The topological polar surface area (TPSA) is 159 Å². The summed E-state index contributed by atoms with van der Waals surface area (Å²) in [6.45, 7) is 0.996. The summed E-state index contributed by atoms with van der Waals surface area (Å²) in [5.74, 6) is 0.0668. The highest BCUT2D eigenvalue weighted by molar-refractivity contribution is 5.85. The van der Waals surface area contributed by atoms with Crippen LogP contribution in [0.2, 0.25) is 0 Å². The molecule has 4 aromatic rings. The van der Waals surface area contributed by atoms with Gasteiger partial charge < -0.3 is 22.5 Å². The van der Waals surface area contributed by atoms with Gasteiger partial charge in [0.1, 0.15) is 11.6 Å². The Morgan fingerprint density at radius 1 is 0.839 bits per heavy atom. The van der Waals surface area contributed by atoms with E-state index >= 15 is 0 Å². The molecule has 1 amide bonds. The average molecular weight is 416 g/mol. The molecule has 1 atom stereocenters. The van der Waals surface area contributed by atoms with Crippen molar-refractivity contribution in [1.82, 2.24) is 25.3 Å². The number of carbonyl (C=O) groups excluding carboxylic acids is 1. The first-order chi connectivity index (χ1) is 15.0. The Labute approximate surface area is 179 Å². The molecule has 0 saturated carbocycles. The Balaban J connectivity index is 1.69. The maximum atomic E-state index is 13.0. The van der Waals surface area contributed by atoms with Crippen LogP contribution in [0.25, 0.3) is 22.1 Å². The minimum atomic E-state index is -0.559. The van der Waals surface area contributed by atoms with E-state index in [0.29, 0.717) is 60.2 Å². The first-order valence-corrected chi connectivity index (χ1v) is 10.1. The van der Waals surface area contributed by atoms with Gasteiger partial charge in [-0.2, -0.15) is 0 Å². The number of hydrogen-bond donors (Lipinski definition) is 4. The zero-order valence-corrected chi connectivity index (χ0v) is 17.0. The highest BCUT2D eigenvalue weighted by atomic mass is 16.1. The lowest BCUT2D eigenvalue weighted by Crippen LogP contribution is -2.32. The number of nitrogens with zero attached hydrogens (tertiary/aromatic N) is 4. The van der Waals surface area contributed by atoms with Crippen molar-refractivity contribution in [2.45, 2.75) is 18.8 Å². The summed E-state index contributed by atoms with van der Waals surface area (Å²) < 4.78 is 0. The Kier molecular flexibility index (Phi) is 5.85. The smallest absolute Gasteiger partial charge is 0.229 e. The van der Waals surface area contributed by atoms with Gasteiger partial charge >= 0.3 is 0 Å². The van der Waals surface area contributed by atoms with Crippen LogP contribution in [0.5, 0.6) is 0 Å². The van der Waals surface area contributed by atoms with E-state index in [4.69, 9.17) is 17.2 Å². The van der Waals surface area contributed by atoms with E-state index in [1.807, 2.05) is 36.4 Å². The normalized spacial score (nSPS) is 12.2. The highest BCUT2D eigenvalue weighted by Crippen LogP contribution is 2.23. The van der Waals surface area contributed by atoms with Gasteiger partial charge in [-0.1, -0.05) is 0 Å². The molecule has 0 saturated heterocycles. The minimum Gasteiger partial charge on any atom is -0.384 e. The molecule has 7 N–H and O–H groups in total. The number of nitrogens with two attached hydrogens (primary N) is 3. The number of rotatable bonds is 7. The molecule has 0 aliphatic heterocycles. The minimum absolute atomic E-state index is 0.147. The molecular formula is C22H24N8O. The first-order valence-electron chi connectivity index (χ1n) is 10.1. The molecule has 158 valence electrons. The van der Waals surface area contributed by atoms with Gasteiger partial charge in [0.25, 0.3) is 0 Å². The lowest BCUT2D eigenvalue weighted by Gasteiger charge is -2.17. The zero-order chi connectivity index (χ0) is 21.8. The second-order valence-electron chi connectivity index (χ2n) is 7.29. The lowest BCUT2D eigenvalue weighted by atomic mass is 9.96. The number of nitrogen functional groups attached to an aromatic ring is 2. The van der Waals surface area contributed by atoms with Gasteiger partial charge in [0.05, 0.1) is 11.6 Å². The third-order valence-electron chi connectivity index (χ3n) is 4.99. The molecular weight excluding hydrogens is 392 g/mol. The predicted molar refractivity (Wildman–Crippen MR) is 121 cm³/mol. The quantitative estimate of drug-likeness (QED) is 0.330. The van der Waals surface area contributed by atoms with Crippen LogP contribution in [0, 0.1) is 0 Å². The summed E-state index contributed by atoms with van der Waals surface area (Å²) in [6, 6.07) is 14.7. The maximum absolute atomic E-state index is 13.0. The molecule has 31 heavy (non-hydrogen) atoms. The molecule has 1 unspecified atom stereocenters. The van der Waals surface area contributed by atoms with E-state index in [1.54, 1.807) is 12.1 Å². The Hall–Kier alpha value is -3.85. The number of amides is 1. The van der Waals surface area contributed by atoms with Crippen LogP contribution < -0.4 is 22.5 Å². The number of aromatic nitrogens is 4. The van der Waals surface area contributed by atoms with Crippen molar-refractivity contribution in [2.24, 2.45) is 5.73 Å². The van der Waals surface area contributed by atoms with Crippen molar-refractivity contribution in [3.63, 3.8) is 0 Å². The molecule has 4 aromatic heterocycles. The summed E-state index contributed by atoms with van der Waals surface area (Å²) in [6.07, 6.45) is 1.04. The van der Waals surface area contributed by atoms with Gasteiger partial charge in [0, 0.05) is 29.4 Å². The summed E-state index contributed by atoms with van der Waals surface area (Å²) in [7, 11) is 0. The number of nitrogens with one attached hydrogen (secondary N) is 1. The predicted octanol–water partition coefficient (Wildman–Crippen LogP) is 1.53. The number of carbonyl (C=O) groups is 1. The second-order valence-corrected chi connectivity index (χ2v) is 7.29. The van der Waals surface area contributed by atoms with Gasteiger partial charge in [-0.05, 0) is 61.5 Å². The molecule has 9 nitrogen and oxygen atoms in total. The number of hydrogen-bond acceptors (Lipinski definition) is 8. The molecule has 4 heterocycles. The molecule has 0 spiro atoms. The van der Waals surface area contributed by atoms with Crippen molar-refractivity contribution in [2.75, 3.05) is 24.6 Å². The summed E-state index contributed by atoms with van der Waals surface area (Å²) in [5.41, 5.74) is 19.5. The molecule has 0 aliphatic rings. The van der Waals surface area contributed by atoms with Crippen molar-refractivity contribution >= 4 is 39.6 Å². The van der Waals surface area contributed by atoms with E-state index in [9.17, 15) is 4.79 Å². The van der Waals surface area contributed by atoms with Gasteiger partial charge in [0.2, 0.25) is 5.91 Å². The maximum Gasteiger partial charge on any atom is 0.229 e. The van der Waals surface area contributed by atoms with Gasteiger partial charge in [0.15, 0.2) is 11.3 Å². The fourth-order valence-electron chi connectivity index (χ4n) is 3.37. The molecule has 0 fully saturated rings. The monoisotopic (exact) mass is 416 g/mol. The fraction of sp³-hybridized carbons (Fsp3) is 0.227. The summed E-state index contributed by atoms with van der Waals surface area (Å²) >= 11 is 0. The fourth-order valence-corrected chi connectivity index (χ4v) is 3.37. The summed E-state index contributed by atoms with van der Waals surface area (Å²) in [4.78, 5) is 30.8. The van der Waals surface area contributed by atoms with Crippen LogP contribution in [0.1, 0.15) is 23.7 Å². The molecule has 0 aliphatic carbocycles. The lowest BCUT2D eigenvalue weighted by molar-refractivity contribution is -0.122. The third-order valence-corrected chi connectivity index (χ3v) is 4.99. The van der Waals surface area contributed by atoms with Crippen molar-refractivity contribution < 1.29 is 4.79 Å². The Bertz CT molecular complexity index is 1240. The number of pyridine rings is 4. The van der Waals surface area contributed by atoms with E-state index in [0.717, 1.165) is 10.8 Å².